The SMILES string of the molecule is Cc1ccc(S(=O)(=O)OC(F)(F)C(F)C(F)(F)C(F)(F)C(F)(F)C(F)(F)C(F)(F)C(F)(F)F)cc1. The lowest BCUT2D eigenvalue weighted by Gasteiger charge is -2.40. The molecule has 0 aliphatic rings. The average Bonchev–Trinajstić information content (AvgIpc) is 2.65. The van der Waals surface area contributed by atoms with E-state index in [1.54, 1.807) is 0 Å². The van der Waals surface area contributed by atoms with Gasteiger partial charge in [0.1, 0.15) is 0 Å². The highest BCUT2D eigenvalue weighted by Crippen LogP contribution is 2.61. The Morgan fingerprint density at radius 3 is 1.40 bits per heavy atom. The molecular formula is C15H8F16O3S. The van der Waals surface area contributed by atoms with Gasteiger partial charge in [-0.05, 0) is 19.1 Å². The third-order valence-electron chi connectivity index (χ3n) is 4.10. The van der Waals surface area contributed by atoms with Gasteiger partial charge in [0.2, 0.25) is 0 Å². The number of benzene rings is 1. The van der Waals surface area contributed by atoms with Crippen LogP contribution in [0.15, 0.2) is 29.2 Å². The summed E-state index contributed by atoms with van der Waals surface area (Å²) in [7, 11) is -6.06. The Hall–Kier alpha value is -1.99. The summed E-state index contributed by atoms with van der Waals surface area (Å²) < 4.78 is 236. The van der Waals surface area contributed by atoms with Crippen molar-refractivity contribution in [2.45, 2.75) is 59.9 Å². The third-order valence-corrected chi connectivity index (χ3v) is 5.39. The van der Waals surface area contributed by atoms with Crippen LogP contribution in [0.3, 0.4) is 0 Å². The summed E-state index contributed by atoms with van der Waals surface area (Å²) >= 11 is 0. The van der Waals surface area contributed by atoms with E-state index in [-0.39, 0.29) is 5.56 Å². The molecule has 1 rings (SSSR count). The van der Waals surface area contributed by atoms with Crippen molar-refractivity contribution < 1.29 is 82.8 Å². The van der Waals surface area contributed by atoms with E-state index in [2.05, 4.69) is 4.18 Å². The molecule has 1 aromatic rings. The topological polar surface area (TPSA) is 43.4 Å². The first kappa shape index (κ1) is 31.0. The standard InChI is InChI=1S/C15H8F16O3S/c1-6-2-4-7(5-3-6)35(32,33)34-10(19,20)8(16)9(17,18)11(21,22)12(23,24)13(25,26)14(27,28)15(29,30)31/h2-5,8H,1H3. The number of hydrogen-bond acceptors (Lipinski definition) is 3. The molecule has 0 heterocycles. The Bertz CT molecular complexity index is 1010. The highest BCUT2D eigenvalue weighted by Gasteiger charge is 2.92. The summed E-state index contributed by atoms with van der Waals surface area (Å²) in [4.78, 5) is -1.37. The van der Waals surface area contributed by atoms with Crippen LogP contribution in [0.4, 0.5) is 70.2 Å². The predicted molar refractivity (Wildman–Crippen MR) is 80.1 cm³/mol. The smallest absolute Gasteiger partial charge is 0.231 e. The van der Waals surface area contributed by atoms with Crippen molar-refractivity contribution in [3.63, 3.8) is 0 Å². The lowest BCUT2D eigenvalue weighted by molar-refractivity contribution is -0.448. The van der Waals surface area contributed by atoms with Gasteiger partial charge in [-0.1, -0.05) is 17.7 Å². The molecule has 0 saturated carbocycles. The molecule has 0 saturated heterocycles. The molecule has 1 unspecified atom stereocenters. The molecule has 0 aliphatic carbocycles. The molecule has 0 aromatic heterocycles. The van der Waals surface area contributed by atoms with Crippen LogP contribution in [0.5, 0.6) is 0 Å². The Morgan fingerprint density at radius 1 is 0.657 bits per heavy atom. The fraction of sp³-hybridized carbons (Fsp3) is 0.600. The van der Waals surface area contributed by atoms with E-state index >= 15 is 0 Å². The molecule has 1 aromatic carbocycles. The first-order chi connectivity index (χ1) is 15.1. The first-order valence-corrected chi connectivity index (χ1v) is 9.52. The molecule has 3 nitrogen and oxygen atoms in total. The molecule has 0 fully saturated rings. The lowest BCUT2D eigenvalue weighted by Crippen LogP contribution is -2.72. The minimum absolute atomic E-state index is 0.240. The molecule has 1 atom stereocenters. The van der Waals surface area contributed by atoms with Crippen LogP contribution in [0.1, 0.15) is 5.56 Å². The molecule has 20 heteroatoms. The number of aryl methyl sites for hydroxylation is 1. The van der Waals surface area contributed by atoms with Crippen molar-refractivity contribution in [3.05, 3.63) is 29.8 Å². The monoisotopic (exact) mass is 572 g/mol. The highest BCUT2D eigenvalue weighted by molar-refractivity contribution is 7.86. The summed E-state index contributed by atoms with van der Waals surface area (Å²) in [6.45, 7) is 1.30. The van der Waals surface area contributed by atoms with E-state index in [0.29, 0.717) is 12.1 Å². The molecule has 0 N–H and O–H groups in total. The molecule has 204 valence electrons. The van der Waals surface area contributed by atoms with Gasteiger partial charge in [-0.3, -0.25) is 0 Å². The van der Waals surface area contributed by atoms with Crippen LogP contribution in [0.2, 0.25) is 0 Å². The minimum Gasteiger partial charge on any atom is -0.231 e. The van der Waals surface area contributed by atoms with Gasteiger partial charge in [-0.2, -0.15) is 78.5 Å². The maximum absolute atomic E-state index is 13.7. The summed E-state index contributed by atoms with van der Waals surface area (Å²) in [5.74, 6) is -41.5. The molecule has 0 bridgehead atoms. The van der Waals surface area contributed by atoms with E-state index in [1.807, 2.05) is 0 Å². The van der Waals surface area contributed by atoms with Crippen molar-refractivity contribution in [3.8, 4) is 0 Å². The van der Waals surface area contributed by atoms with Crippen LogP contribution in [-0.2, 0) is 14.3 Å². The molecule has 0 spiro atoms. The zero-order valence-electron chi connectivity index (χ0n) is 16.1. The first-order valence-electron chi connectivity index (χ1n) is 8.11. The zero-order valence-corrected chi connectivity index (χ0v) is 16.9. The van der Waals surface area contributed by atoms with Gasteiger partial charge in [0, 0.05) is 0 Å². The summed E-state index contributed by atoms with van der Waals surface area (Å²) in [6, 6.07) is 2.56. The van der Waals surface area contributed by atoms with Crippen molar-refractivity contribution in [1.82, 2.24) is 0 Å². The fourth-order valence-electron chi connectivity index (χ4n) is 2.09. The van der Waals surface area contributed by atoms with E-state index in [1.165, 1.54) is 6.92 Å². The van der Waals surface area contributed by atoms with Crippen molar-refractivity contribution in [2.75, 3.05) is 0 Å². The second-order valence-corrected chi connectivity index (χ2v) is 8.24. The second-order valence-electron chi connectivity index (χ2n) is 6.69. The molecule has 0 radical (unpaired) electrons. The van der Waals surface area contributed by atoms with Crippen LogP contribution in [-0.4, -0.2) is 56.5 Å². The zero-order chi connectivity index (χ0) is 28.3. The van der Waals surface area contributed by atoms with Crippen molar-refractivity contribution in [1.29, 1.82) is 0 Å². The van der Waals surface area contributed by atoms with Gasteiger partial charge in [-0.15, -0.1) is 0 Å². The Labute approximate surface area is 183 Å². The molecular weight excluding hydrogens is 564 g/mol. The van der Waals surface area contributed by atoms with Gasteiger partial charge in [0.05, 0.1) is 4.90 Å². The van der Waals surface area contributed by atoms with Crippen LogP contribution >= 0.6 is 0 Å². The van der Waals surface area contributed by atoms with E-state index in [4.69, 9.17) is 0 Å². The summed E-state index contributed by atoms with van der Waals surface area (Å²) in [6.07, 6.45) is -20.9. The number of alkyl halides is 16. The molecule has 0 aliphatic heterocycles. The predicted octanol–water partition coefficient (Wildman–Crippen LogP) is 6.37. The van der Waals surface area contributed by atoms with E-state index in [0.717, 1.165) is 12.1 Å². The largest absolute Gasteiger partial charge is 0.460 e. The number of hydrogen-bond donors (Lipinski definition) is 0. The average molecular weight is 572 g/mol. The van der Waals surface area contributed by atoms with Gasteiger partial charge >= 0.3 is 52.0 Å². The van der Waals surface area contributed by atoms with Crippen molar-refractivity contribution in [2.24, 2.45) is 0 Å². The Kier molecular flexibility index (Phi) is 7.58. The van der Waals surface area contributed by atoms with Gasteiger partial charge in [-0.25, -0.2) is 4.39 Å². The normalized spacial score (nSPS) is 16.4. The maximum Gasteiger partial charge on any atom is 0.460 e. The summed E-state index contributed by atoms with van der Waals surface area (Å²) in [5, 5.41) is 0. The Morgan fingerprint density at radius 2 is 1.03 bits per heavy atom. The minimum atomic E-state index is -8.56. The Balaban J connectivity index is 3.49. The number of halogens is 16. The summed E-state index contributed by atoms with van der Waals surface area (Å²) in [5.41, 5.74) is 0.240. The highest BCUT2D eigenvalue weighted by atomic mass is 32.2. The van der Waals surface area contributed by atoms with Crippen LogP contribution < -0.4 is 0 Å². The lowest BCUT2D eigenvalue weighted by atomic mass is 9.91. The quantitative estimate of drug-likeness (QED) is 0.255. The van der Waals surface area contributed by atoms with E-state index in [9.17, 15) is 78.7 Å². The third kappa shape index (κ3) is 4.86. The second kappa shape index (κ2) is 8.55. The van der Waals surface area contributed by atoms with Gasteiger partial charge < -0.3 is 0 Å². The van der Waals surface area contributed by atoms with Crippen molar-refractivity contribution >= 4 is 10.1 Å². The maximum atomic E-state index is 13.7. The fourth-order valence-corrected chi connectivity index (χ4v) is 3.04. The van der Waals surface area contributed by atoms with Gasteiger partial charge in [0.15, 0.2) is 0 Å². The molecule has 35 heavy (non-hydrogen) atoms. The van der Waals surface area contributed by atoms with Gasteiger partial charge in [0.25, 0.3) is 6.17 Å². The molecule has 0 amide bonds. The number of rotatable bonds is 9. The van der Waals surface area contributed by atoms with E-state index < -0.39 is 63.1 Å². The van der Waals surface area contributed by atoms with Crippen LogP contribution in [0, 0.1) is 6.92 Å². The van der Waals surface area contributed by atoms with Crippen LogP contribution in [0.25, 0.3) is 0 Å².